The van der Waals surface area contributed by atoms with E-state index < -0.39 is 5.67 Å². The molecule has 2 atom stereocenters. The number of nitrogens with zero attached hydrogens (tertiary/aromatic N) is 4. The van der Waals surface area contributed by atoms with Crippen molar-refractivity contribution in [3.05, 3.63) is 39.7 Å². The molecule has 0 amide bonds. The molecule has 3 aromatic rings. The monoisotopic (exact) mass is 399 g/mol. The van der Waals surface area contributed by atoms with E-state index in [0.29, 0.717) is 42.5 Å². The zero-order valence-electron chi connectivity index (χ0n) is 17.0. The Balaban J connectivity index is 1.49. The summed E-state index contributed by atoms with van der Waals surface area (Å²) in [5.41, 5.74) is 0.216. The van der Waals surface area contributed by atoms with Crippen LogP contribution in [0, 0.1) is 13.8 Å². The average Bonchev–Trinajstić information content (AvgIpc) is 3.18. The molecule has 2 fully saturated rings. The van der Waals surface area contributed by atoms with Crippen LogP contribution < -0.4 is 5.56 Å². The van der Waals surface area contributed by atoms with E-state index in [2.05, 4.69) is 15.1 Å². The number of nitrogens with one attached hydrogen (secondary N) is 1. The maximum atomic E-state index is 14.2. The van der Waals surface area contributed by atoms with Crippen LogP contribution in [0.1, 0.15) is 86.5 Å². The zero-order valence-corrected chi connectivity index (χ0v) is 17.0. The van der Waals surface area contributed by atoms with E-state index in [0.717, 1.165) is 30.2 Å². The smallest absolute Gasteiger partial charge is 0.262 e. The molecule has 154 valence electrons. The van der Waals surface area contributed by atoms with Crippen LogP contribution in [0.4, 0.5) is 4.39 Å². The molecule has 8 heteroatoms. The first kappa shape index (κ1) is 18.5. The van der Waals surface area contributed by atoms with Gasteiger partial charge in [-0.3, -0.25) is 4.79 Å². The average molecular weight is 399 g/mol. The van der Waals surface area contributed by atoms with Crippen molar-refractivity contribution in [3.63, 3.8) is 0 Å². The van der Waals surface area contributed by atoms with Crippen LogP contribution in [0.5, 0.6) is 0 Å². The van der Waals surface area contributed by atoms with Crippen molar-refractivity contribution in [1.29, 1.82) is 0 Å². The van der Waals surface area contributed by atoms with Crippen molar-refractivity contribution in [3.8, 4) is 0 Å². The van der Waals surface area contributed by atoms with Crippen LogP contribution in [0.3, 0.4) is 0 Å². The van der Waals surface area contributed by atoms with E-state index >= 15 is 0 Å². The lowest BCUT2D eigenvalue weighted by atomic mass is 9.73. The van der Waals surface area contributed by atoms with Crippen molar-refractivity contribution in [2.75, 3.05) is 0 Å². The summed E-state index contributed by atoms with van der Waals surface area (Å²) in [6.07, 6.45) is 5.88. The molecule has 0 radical (unpaired) electrons. The summed E-state index contributed by atoms with van der Waals surface area (Å²) in [7, 11) is 0. The molecule has 2 aliphatic rings. The first-order valence-corrected chi connectivity index (χ1v) is 10.4. The molecule has 2 aliphatic carbocycles. The van der Waals surface area contributed by atoms with E-state index in [1.165, 1.54) is 0 Å². The maximum Gasteiger partial charge on any atom is 0.262 e. The topological polar surface area (TPSA) is 89.6 Å². The summed E-state index contributed by atoms with van der Waals surface area (Å²) in [6, 6.07) is 0.0766. The van der Waals surface area contributed by atoms with Gasteiger partial charge in [-0.05, 0) is 59.3 Å². The van der Waals surface area contributed by atoms with E-state index in [1.54, 1.807) is 13.1 Å². The molecule has 3 aromatic heterocycles. The minimum Gasteiger partial charge on any atom is -0.445 e. The molecule has 0 aliphatic heterocycles. The Labute approximate surface area is 167 Å². The number of hydrogen-bond donors (Lipinski definition) is 1. The number of aromatic nitrogens is 5. The molecular formula is C21H26FN5O2. The van der Waals surface area contributed by atoms with Gasteiger partial charge in [-0.2, -0.15) is 5.10 Å². The summed E-state index contributed by atoms with van der Waals surface area (Å²) in [4.78, 5) is 25.0. The van der Waals surface area contributed by atoms with Gasteiger partial charge in [-0.25, -0.2) is 19.0 Å². The Morgan fingerprint density at radius 3 is 2.52 bits per heavy atom. The highest BCUT2D eigenvalue weighted by atomic mass is 19.1. The maximum absolute atomic E-state index is 14.2. The summed E-state index contributed by atoms with van der Waals surface area (Å²) in [5, 5.41) is 4.93. The fourth-order valence-electron chi connectivity index (χ4n) is 4.62. The van der Waals surface area contributed by atoms with Crippen LogP contribution in [-0.4, -0.2) is 30.4 Å². The summed E-state index contributed by atoms with van der Waals surface area (Å²) in [5.74, 6) is 2.43. The summed E-state index contributed by atoms with van der Waals surface area (Å²) >= 11 is 0. The largest absolute Gasteiger partial charge is 0.445 e. The van der Waals surface area contributed by atoms with Gasteiger partial charge in [0.15, 0.2) is 11.5 Å². The second kappa shape index (κ2) is 6.50. The lowest BCUT2D eigenvalue weighted by molar-refractivity contribution is 0.103. The van der Waals surface area contributed by atoms with Crippen LogP contribution in [-0.2, 0) is 0 Å². The minimum absolute atomic E-state index is 0.0766. The number of alkyl halides is 1. The van der Waals surface area contributed by atoms with Gasteiger partial charge in [-0.1, -0.05) is 0 Å². The molecule has 3 heterocycles. The number of rotatable bonds is 3. The predicted octanol–water partition coefficient (Wildman–Crippen LogP) is 4.23. The van der Waals surface area contributed by atoms with Gasteiger partial charge in [0.05, 0.1) is 17.9 Å². The number of aryl methyl sites for hydroxylation is 2. The fraction of sp³-hybridized carbons (Fsp3) is 0.619. The third kappa shape index (κ3) is 3.09. The van der Waals surface area contributed by atoms with Crippen molar-refractivity contribution in [2.45, 2.75) is 82.8 Å². The first-order chi connectivity index (χ1) is 13.8. The Morgan fingerprint density at radius 1 is 1.17 bits per heavy atom. The van der Waals surface area contributed by atoms with Crippen molar-refractivity contribution < 1.29 is 8.81 Å². The van der Waals surface area contributed by atoms with E-state index in [9.17, 15) is 9.18 Å². The van der Waals surface area contributed by atoms with E-state index in [1.807, 2.05) is 18.5 Å². The fourth-order valence-corrected chi connectivity index (χ4v) is 4.62. The van der Waals surface area contributed by atoms with Crippen LogP contribution in [0.25, 0.3) is 11.0 Å². The Kier molecular flexibility index (Phi) is 4.15. The predicted molar refractivity (Wildman–Crippen MR) is 106 cm³/mol. The van der Waals surface area contributed by atoms with Crippen LogP contribution in [0.15, 0.2) is 15.4 Å². The molecule has 7 nitrogen and oxygen atoms in total. The molecule has 2 saturated carbocycles. The number of aromatic amines is 1. The summed E-state index contributed by atoms with van der Waals surface area (Å²) in [6.45, 7) is 5.51. The van der Waals surface area contributed by atoms with Gasteiger partial charge in [-0.15, -0.1) is 0 Å². The molecular weight excluding hydrogens is 373 g/mol. The Morgan fingerprint density at radius 2 is 1.90 bits per heavy atom. The minimum atomic E-state index is -1.11. The molecule has 29 heavy (non-hydrogen) atoms. The van der Waals surface area contributed by atoms with Crippen molar-refractivity contribution in [1.82, 2.24) is 24.7 Å². The normalized spacial score (nSPS) is 29.9. The Bertz CT molecular complexity index is 1100. The third-order valence-corrected chi connectivity index (χ3v) is 6.81. The highest BCUT2D eigenvalue weighted by molar-refractivity contribution is 5.73. The highest BCUT2D eigenvalue weighted by Crippen LogP contribution is 2.48. The molecule has 0 aromatic carbocycles. The van der Waals surface area contributed by atoms with Gasteiger partial charge in [0.1, 0.15) is 22.6 Å². The molecule has 0 saturated heterocycles. The van der Waals surface area contributed by atoms with Crippen LogP contribution in [0.2, 0.25) is 0 Å². The zero-order chi connectivity index (χ0) is 20.3. The molecule has 0 unspecified atom stereocenters. The molecule has 1 N–H and O–H groups in total. The standard InChI is InChI=1S/C21H26FN5O2/c1-11-12(2)29-20(24-11)15-5-4-14(15)17-25-18-16(19(28)26-17)10-23-27(18)13-6-8-21(3,22)9-7-13/h10,13-15H,4-9H2,1-3H3,(H,25,26,28)/t13?,14-,15-,21?/m1/s1. The first-order valence-electron chi connectivity index (χ1n) is 10.4. The SMILES string of the molecule is Cc1nc([C@@H]2CC[C@H]2c2nc3c(cnn3C3CCC(C)(F)CC3)c(=O)[nH]2)oc1C. The third-order valence-electron chi connectivity index (χ3n) is 6.81. The van der Waals surface area contributed by atoms with Crippen molar-refractivity contribution >= 4 is 11.0 Å². The second-order valence-electron chi connectivity index (χ2n) is 8.91. The lowest BCUT2D eigenvalue weighted by Crippen LogP contribution is -2.29. The molecule has 0 bridgehead atoms. The van der Waals surface area contributed by atoms with Gasteiger partial charge in [0.25, 0.3) is 5.56 Å². The number of hydrogen-bond acceptors (Lipinski definition) is 5. The van der Waals surface area contributed by atoms with Gasteiger partial charge in [0, 0.05) is 11.8 Å². The number of fused-ring (bicyclic) bond motifs is 1. The van der Waals surface area contributed by atoms with Crippen molar-refractivity contribution in [2.24, 2.45) is 0 Å². The second-order valence-corrected chi connectivity index (χ2v) is 8.91. The van der Waals surface area contributed by atoms with Gasteiger partial charge >= 0.3 is 0 Å². The summed E-state index contributed by atoms with van der Waals surface area (Å²) < 4.78 is 21.9. The van der Waals surface area contributed by atoms with Gasteiger partial charge < -0.3 is 9.40 Å². The van der Waals surface area contributed by atoms with Crippen LogP contribution >= 0.6 is 0 Å². The van der Waals surface area contributed by atoms with Gasteiger partial charge in [0.2, 0.25) is 0 Å². The number of halogens is 1. The lowest BCUT2D eigenvalue weighted by Gasteiger charge is -2.33. The van der Waals surface area contributed by atoms with E-state index in [-0.39, 0.29) is 23.4 Å². The molecule has 0 spiro atoms. The quantitative estimate of drug-likeness (QED) is 0.712. The highest BCUT2D eigenvalue weighted by Gasteiger charge is 2.39. The number of oxazole rings is 1. The molecule has 5 rings (SSSR count). The van der Waals surface area contributed by atoms with E-state index in [4.69, 9.17) is 9.40 Å². The Hall–Kier alpha value is -2.51. The number of H-pyrrole nitrogens is 1.